The summed E-state index contributed by atoms with van der Waals surface area (Å²) in [6.45, 7) is 1.85. The average Bonchev–Trinajstić information content (AvgIpc) is 2.14. The molecule has 0 aliphatic carbocycles. The average molecular weight is 216 g/mol. The molecular weight excluding hydrogens is 196 g/mol. The second kappa shape index (κ2) is 5.69. The van der Waals surface area contributed by atoms with E-state index in [1.807, 2.05) is 0 Å². The third kappa shape index (κ3) is 4.06. The molecule has 0 aliphatic heterocycles. The summed E-state index contributed by atoms with van der Waals surface area (Å²) in [5.41, 5.74) is 3.52. The van der Waals surface area contributed by atoms with Crippen molar-refractivity contribution in [2.45, 2.75) is 13.1 Å². The van der Waals surface area contributed by atoms with E-state index in [4.69, 9.17) is 6.42 Å². The fourth-order valence-electron chi connectivity index (χ4n) is 1.76. The number of benzene rings is 1. The van der Waals surface area contributed by atoms with Gasteiger partial charge in [-0.15, -0.1) is 6.42 Å². The minimum atomic E-state index is 0.927. The van der Waals surface area contributed by atoms with Crippen LogP contribution in [0.5, 0.6) is 0 Å². The number of terminal acetylenes is 1. The topological polar surface area (TPSA) is 6.48 Å². The van der Waals surface area contributed by atoms with Crippen LogP contribution in [0.25, 0.3) is 0 Å². The smallest absolute Gasteiger partial charge is 0.0249 e. The Hall–Kier alpha value is -1.30. The first-order chi connectivity index (χ1) is 7.51. The zero-order valence-electron chi connectivity index (χ0n) is 10.6. The van der Waals surface area contributed by atoms with E-state index in [1.54, 1.807) is 0 Å². The largest absolute Gasteiger partial charge is 0.305 e. The van der Waals surface area contributed by atoms with E-state index in [-0.39, 0.29) is 0 Å². The Morgan fingerprint density at radius 2 is 1.38 bits per heavy atom. The number of hydrogen-bond acceptors (Lipinski definition) is 2. The van der Waals surface area contributed by atoms with Crippen LogP contribution in [0.4, 0.5) is 0 Å². The second-order valence-electron chi connectivity index (χ2n) is 4.66. The Morgan fingerprint density at radius 3 is 1.69 bits per heavy atom. The molecule has 2 heteroatoms. The molecule has 0 radical (unpaired) electrons. The van der Waals surface area contributed by atoms with Crippen LogP contribution in [0.2, 0.25) is 0 Å². The van der Waals surface area contributed by atoms with Gasteiger partial charge in [0.2, 0.25) is 0 Å². The lowest BCUT2D eigenvalue weighted by molar-refractivity contribution is 0.395. The molecule has 0 atom stereocenters. The minimum Gasteiger partial charge on any atom is -0.305 e. The fourth-order valence-corrected chi connectivity index (χ4v) is 1.76. The van der Waals surface area contributed by atoms with E-state index in [9.17, 15) is 0 Å². The molecule has 0 aromatic heterocycles. The molecule has 0 spiro atoms. The Labute approximate surface area is 98.9 Å². The Balaban J connectivity index is 2.97. The Bertz CT molecular complexity index is 358. The molecule has 0 aliphatic rings. The lowest BCUT2D eigenvalue weighted by Crippen LogP contribution is -2.13. The van der Waals surface area contributed by atoms with Crippen molar-refractivity contribution in [1.82, 2.24) is 9.80 Å². The normalized spacial score (nSPS) is 10.8. The first-order valence-corrected chi connectivity index (χ1v) is 5.40. The molecule has 0 N–H and O–H groups in total. The number of rotatable bonds is 4. The standard InChI is InChI=1S/C14H20N2/c1-6-12-7-13(10-15(2)3)9-14(8-12)11-16(4)5/h1,7-9H,10-11H2,2-5H3. The zero-order valence-corrected chi connectivity index (χ0v) is 10.6. The summed E-state index contributed by atoms with van der Waals surface area (Å²) in [7, 11) is 8.25. The molecule has 0 saturated heterocycles. The van der Waals surface area contributed by atoms with Crippen molar-refractivity contribution in [3.05, 3.63) is 34.9 Å². The SMILES string of the molecule is C#Cc1cc(CN(C)C)cc(CN(C)C)c1. The van der Waals surface area contributed by atoms with Crippen molar-refractivity contribution in [3.63, 3.8) is 0 Å². The van der Waals surface area contributed by atoms with Crippen molar-refractivity contribution < 1.29 is 0 Å². The van der Waals surface area contributed by atoms with Gasteiger partial charge in [-0.1, -0.05) is 12.0 Å². The van der Waals surface area contributed by atoms with E-state index in [2.05, 4.69) is 62.1 Å². The van der Waals surface area contributed by atoms with Crippen LogP contribution >= 0.6 is 0 Å². The monoisotopic (exact) mass is 216 g/mol. The molecule has 16 heavy (non-hydrogen) atoms. The van der Waals surface area contributed by atoms with Gasteiger partial charge in [0.05, 0.1) is 0 Å². The molecule has 0 amide bonds. The van der Waals surface area contributed by atoms with E-state index >= 15 is 0 Å². The maximum Gasteiger partial charge on any atom is 0.0249 e. The Kier molecular flexibility index (Phi) is 4.54. The lowest BCUT2D eigenvalue weighted by atomic mass is 10.1. The third-order valence-corrected chi connectivity index (χ3v) is 2.22. The van der Waals surface area contributed by atoms with Crippen molar-refractivity contribution in [2.24, 2.45) is 0 Å². The molecule has 1 rings (SSSR count). The summed E-state index contributed by atoms with van der Waals surface area (Å²) in [4.78, 5) is 4.30. The highest BCUT2D eigenvalue weighted by molar-refractivity contribution is 5.39. The molecule has 0 bridgehead atoms. The van der Waals surface area contributed by atoms with Gasteiger partial charge < -0.3 is 9.80 Å². The maximum atomic E-state index is 5.47. The van der Waals surface area contributed by atoms with Gasteiger partial charge in [-0.25, -0.2) is 0 Å². The van der Waals surface area contributed by atoms with Gasteiger partial charge in [-0.2, -0.15) is 0 Å². The molecule has 0 fully saturated rings. The third-order valence-electron chi connectivity index (χ3n) is 2.22. The van der Waals surface area contributed by atoms with Crippen LogP contribution in [-0.2, 0) is 13.1 Å². The minimum absolute atomic E-state index is 0.927. The van der Waals surface area contributed by atoms with Crippen molar-refractivity contribution in [1.29, 1.82) is 0 Å². The molecular formula is C14H20N2. The van der Waals surface area contributed by atoms with E-state index in [0.29, 0.717) is 0 Å². The van der Waals surface area contributed by atoms with Crippen LogP contribution < -0.4 is 0 Å². The first-order valence-electron chi connectivity index (χ1n) is 5.40. The fraction of sp³-hybridized carbons (Fsp3) is 0.429. The molecule has 2 nitrogen and oxygen atoms in total. The molecule has 1 aromatic carbocycles. The number of hydrogen-bond donors (Lipinski definition) is 0. The second-order valence-corrected chi connectivity index (χ2v) is 4.66. The maximum absolute atomic E-state index is 5.47. The molecule has 0 unspecified atom stereocenters. The van der Waals surface area contributed by atoms with Crippen LogP contribution in [-0.4, -0.2) is 38.0 Å². The van der Waals surface area contributed by atoms with Gasteiger partial charge >= 0.3 is 0 Å². The van der Waals surface area contributed by atoms with E-state index in [1.165, 1.54) is 11.1 Å². The van der Waals surface area contributed by atoms with Crippen LogP contribution in [0.3, 0.4) is 0 Å². The highest BCUT2D eigenvalue weighted by atomic mass is 15.1. The number of nitrogens with zero attached hydrogens (tertiary/aromatic N) is 2. The summed E-state index contributed by atoms with van der Waals surface area (Å²) in [6.07, 6.45) is 5.47. The quantitative estimate of drug-likeness (QED) is 0.708. The van der Waals surface area contributed by atoms with Gasteiger partial charge in [-0.05, 0) is 51.5 Å². The van der Waals surface area contributed by atoms with E-state index in [0.717, 1.165) is 18.7 Å². The van der Waals surface area contributed by atoms with Crippen molar-refractivity contribution in [2.75, 3.05) is 28.2 Å². The Morgan fingerprint density at radius 1 is 0.938 bits per heavy atom. The molecule has 86 valence electrons. The summed E-state index contributed by atoms with van der Waals surface area (Å²) < 4.78 is 0. The van der Waals surface area contributed by atoms with Gasteiger partial charge in [0, 0.05) is 18.7 Å². The van der Waals surface area contributed by atoms with Crippen LogP contribution in [0, 0.1) is 12.3 Å². The summed E-state index contributed by atoms with van der Waals surface area (Å²) >= 11 is 0. The summed E-state index contributed by atoms with van der Waals surface area (Å²) in [5.74, 6) is 2.72. The molecule has 0 saturated carbocycles. The predicted octanol–water partition coefficient (Wildman–Crippen LogP) is 1.79. The van der Waals surface area contributed by atoms with Gasteiger partial charge in [0.1, 0.15) is 0 Å². The van der Waals surface area contributed by atoms with Crippen LogP contribution in [0.1, 0.15) is 16.7 Å². The summed E-state index contributed by atoms with van der Waals surface area (Å²) in [6, 6.07) is 6.39. The molecule has 0 heterocycles. The van der Waals surface area contributed by atoms with Gasteiger partial charge in [0.25, 0.3) is 0 Å². The highest BCUT2D eigenvalue weighted by Crippen LogP contribution is 2.12. The molecule has 1 aromatic rings. The van der Waals surface area contributed by atoms with Gasteiger partial charge in [-0.3, -0.25) is 0 Å². The van der Waals surface area contributed by atoms with Crippen molar-refractivity contribution >= 4 is 0 Å². The summed E-state index contributed by atoms with van der Waals surface area (Å²) in [5, 5.41) is 0. The highest BCUT2D eigenvalue weighted by Gasteiger charge is 2.02. The van der Waals surface area contributed by atoms with Crippen LogP contribution in [0.15, 0.2) is 18.2 Å². The van der Waals surface area contributed by atoms with E-state index < -0.39 is 0 Å². The predicted molar refractivity (Wildman–Crippen MR) is 69.2 cm³/mol. The first kappa shape index (κ1) is 12.8. The van der Waals surface area contributed by atoms with Gasteiger partial charge in [0.15, 0.2) is 0 Å². The lowest BCUT2D eigenvalue weighted by Gasteiger charge is -2.14. The van der Waals surface area contributed by atoms with Crippen molar-refractivity contribution in [3.8, 4) is 12.3 Å². The zero-order chi connectivity index (χ0) is 12.1.